The molecule has 1 aromatic rings. The maximum Gasteiger partial charge on any atom is 0.254 e. The Morgan fingerprint density at radius 2 is 2.00 bits per heavy atom. The number of ether oxygens (including phenoxy) is 1. The molecule has 19 heavy (non-hydrogen) atoms. The Bertz CT molecular complexity index is 474. The minimum Gasteiger partial charge on any atom is -0.492 e. The standard InChI is InChI=1S/C13H19N3O3/c1-3-16(8-12(15)17)13(18)9-5-6-11(19-4-2)10(14)7-9/h5-7H,3-4,8,14H2,1-2H3,(H2,15,17). The minimum atomic E-state index is -0.547. The third-order valence-corrected chi connectivity index (χ3v) is 2.57. The zero-order chi connectivity index (χ0) is 14.4. The highest BCUT2D eigenvalue weighted by Gasteiger charge is 2.17. The molecular formula is C13H19N3O3. The van der Waals surface area contributed by atoms with Gasteiger partial charge < -0.3 is 21.1 Å². The summed E-state index contributed by atoms with van der Waals surface area (Å²) >= 11 is 0. The van der Waals surface area contributed by atoms with E-state index < -0.39 is 5.91 Å². The molecule has 6 nitrogen and oxygen atoms in total. The van der Waals surface area contributed by atoms with Gasteiger partial charge in [0.2, 0.25) is 5.91 Å². The summed E-state index contributed by atoms with van der Waals surface area (Å²) in [7, 11) is 0. The molecule has 1 aromatic carbocycles. The number of carbonyl (C=O) groups is 2. The Morgan fingerprint density at radius 3 is 2.47 bits per heavy atom. The van der Waals surface area contributed by atoms with E-state index in [1.807, 2.05) is 6.92 Å². The molecule has 0 bridgehead atoms. The SMILES string of the molecule is CCOc1ccc(C(=O)N(CC)CC(N)=O)cc1N. The van der Waals surface area contributed by atoms with Crippen LogP contribution in [0.1, 0.15) is 24.2 Å². The second-order valence-corrected chi connectivity index (χ2v) is 3.97. The van der Waals surface area contributed by atoms with Gasteiger partial charge in [-0.15, -0.1) is 0 Å². The van der Waals surface area contributed by atoms with E-state index in [0.29, 0.717) is 30.2 Å². The van der Waals surface area contributed by atoms with Gasteiger partial charge >= 0.3 is 0 Å². The number of nitrogens with two attached hydrogens (primary N) is 2. The van der Waals surface area contributed by atoms with E-state index in [2.05, 4.69) is 0 Å². The van der Waals surface area contributed by atoms with E-state index in [4.69, 9.17) is 16.2 Å². The lowest BCUT2D eigenvalue weighted by Crippen LogP contribution is -2.38. The van der Waals surface area contributed by atoms with Crippen LogP contribution in [0.3, 0.4) is 0 Å². The molecule has 0 radical (unpaired) electrons. The van der Waals surface area contributed by atoms with Crippen molar-refractivity contribution >= 4 is 17.5 Å². The minimum absolute atomic E-state index is 0.109. The van der Waals surface area contributed by atoms with Crippen molar-refractivity contribution in [1.29, 1.82) is 0 Å². The van der Waals surface area contributed by atoms with Gasteiger partial charge in [-0.2, -0.15) is 0 Å². The third-order valence-electron chi connectivity index (χ3n) is 2.57. The number of benzene rings is 1. The summed E-state index contributed by atoms with van der Waals surface area (Å²) in [6.45, 7) is 4.42. The predicted molar refractivity (Wildman–Crippen MR) is 72.8 cm³/mol. The summed E-state index contributed by atoms with van der Waals surface area (Å²) in [5, 5.41) is 0. The lowest BCUT2D eigenvalue weighted by Gasteiger charge is -2.19. The maximum absolute atomic E-state index is 12.2. The smallest absolute Gasteiger partial charge is 0.254 e. The maximum atomic E-state index is 12.2. The number of rotatable bonds is 6. The van der Waals surface area contributed by atoms with Gasteiger partial charge in [-0.1, -0.05) is 0 Å². The van der Waals surface area contributed by atoms with E-state index in [1.54, 1.807) is 19.1 Å². The van der Waals surface area contributed by atoms with Gasteiger partial charge in [0.25, 0.3) is 5.91 Å². The van der Waals surface area contributed by atoms with Gasteiger partial charge in [-0.25, -0.2) is 0 Å². The monoisotopic (exact) mass is 265 g/mol. The van der Waals surface area contributed by atoms with Crippen LogP contribution in [-0.4, -0.2) is 36.4 Å². The molecule has 0 saturated heterocycles. The van der Waals surface area contributed by atoms with Crippen molar-refractivity contribution in [3.8, 4) is 5.75 Å². The van der Waals surface area contributed by atoms with Crippen LogP contribution in [0.5, 0.6) is 5.75 Å². The lowest BCUT2D eigenvalue weighted by molar-refractivity contribution is -0.118. The number of carbonyl (C=O) groups excluding carboxylic acids is 2. The van der Waals surface area contributed by atoms with Crippen LogP contribution in [0.2, 0.25) is 0 Å². The summed E-state index contributed by atoms with van der Waals surface area (Å²) in [5.74, 6) is -0.290. The fourth-order valence-corrected chi connectivity index (χ4v) is 1.67. The molecule has 4 N–H and O–H groups in total. The van der Waals surface area contributed by atoms with Crippen LogP contribution in [-0.2, 0) is 4.79 Å². The van der Waals surface area contributed by atoms with Crippen LogP contribution in [0.15, 0.2) is 18.2 Å². The number of anilines is 1. The van der Waals surface area contributed by atoms with E-state index in [0.717, 1.165) is 0 Å². The topological polar surface area (TPSA) is 98.6 Å². The molecule has 0 aliphatic rings. The van der Waals surface area contributed by atoms with Crippen LogP contribution in [0, 0.1) is 0 Å². The Kier molecular flexibility index (Phi) is 5.17. The van der Waals surface area contributed by atoms with Gasteiger partial charge in [0, 0.05) is 12.1 Å². The first-order valence-corrected chi connectivity index (χ1v) is 6.09. The molecule has 2 amide bonds. The first-order chi connectivity index (χ1) is 8.99. The van der Waals surface area contributed by atoms with Crippen molar-refractivity contribution in [3.63, 3.8) is 0 Å². The molecule has 0 fully saturated rings. The quantitative estimate of drug-likeness (QED) is 0.736. The molecule has 0 heterocycles. The highest BCUT2D eigenvalue weighted by Crippen LogP contribution is 2.23. The molecule has 104 valence electrons. The van der Waals surface area contributed by atoms with Crippen molar-refractivity contribution < 1.29 is 14.3 Å². The van der Waals surface area contributed by atoms with Crippen LogP contribution >= 0.6 is 0 Å². The second kappa shape index (κ2) is 6.63. The van der Waals surface area contributed by atoms with Gasteiger partial charge in [-0.05, 0) is 32.0 Å². The Morgan fingerprint density at radius 1 is 1.32 bits per heavy atom. The predicted octanol–water partition coefficient (Wildman–Crippen LogP) is 0.615. The molecule has 6 heteroatoms. The Labute approximate surface area is 112 Å². The first-order valence-electron chi connectivity index (χ1n) is 6.09. The van der Waals surface area contributed by atoms with Gasteiger partial charge in [0.15, 0.2) is 0 Å². The fraction of sp³-hybridized carbons (Fsp3) is 0.385. The lowest BCUT2D eigenvalue weighted by atomic mass is 10.1. The summed E-state index contributed by atoms with van der Waals surface area (Å²) in [5.41, 5.74) is 11.7. The number of likely N-dealkylation sites (N-methyl/N-ethyl adjacent to an activating group) is 1. The Hall–Kier alpha value is -2.24. The van der Waals surface area contributed by atoms with E-state index in [9.17, 15) is 9.59 Å². The average Bonchev–Trinajstić information content (AvgIpc) is 2.37. The van der Waals surface area contributed by atoms with Crippen molar-refractivity contribution in [3.05, 3.63) is 23.8 Å². The first kappa shape index (κ1) is 14.8. The largest absolute Gasteiger partial charge is 0.492 e. The zero-order valence-corrected chi connectivity index (χ0v) is 11.2. The molecule has 0 unspecified atom stereocenters. The van der Waals surface area contributed by atoms with Gasteiger partial charge in [0.1, 0.15) is 5.75 Å². The van der Waals surface area contributed by atoms with E-state index in [-0.39, 0.29) is 12.5 Å². The van der Waals surface area contributed by atoms with Crippen molar-refractivity contribution in [1.82, 2.24) is 4.90 Å². The van der Waals surface area contributed by atoms with Crippen LogP contribution in [0.25, 0.3) is 0 Å². The summed E-state index contributed by atoms with van der Waals surface area (Å²) < 4.78 is 5.30. The summed E-state index contributed by atoms with van der Waals surface area (Å²) in [6.07, 6.45) is 0. The molecular weight excluding hydrogens is 246 g/mol. The van der Waals surface area contributed by atoms with Crippen LogP contribution < -0.4 is 16.2 Å². The molecule has 0 atom stereocenters. The number of nitrogen functional groups attached to an aromatic ring is 1. The Balaban J connectivity index is 2.92. The molecule has 1 rings (SSSR count). The highest BCUT2D eigenvalue weighted by molar-refractivity contribution is 5.97. The van der Waals surface area contributed by atoms with Crippen molar-refractivity contribution in [2.75, 3.05) is 25.4 Å². The molecule has 0 aromatic heterocycles. The van der Waals surface area contributed by atoms with E-state index in [1.165, 1.54) is 11.0 Å². The average molecular weight is 265 g/mol. The van der Waals surface area contributed by atoms with E-state index >= 15 is 0 Å². The number of nitrogens with zero attached hydrogens (tertiary/aromatic N) is 1. The second-order valence-electron chi connectivity index (χ2n) is 3.97. The molecule has 0 aliphatic carbocycles. The highest BCUT2D eigenvalue weighted by atomic mass is 16.5. The third kappa shape index (κ3) is 3.87. The fourth-order valence-electron chi connectivity index (χ4n) is 1.67. The summed E-state index contributed by atoms with van der Waals surface area (Å²) in [6, 6.07) is 4.80. The zero-order valence-electron chi connectivity index (χ0n) is 11.2. The van der Waals surface area contributed by atoms with Gasteiger partial charge in [0.05, 0.1) is 18.8 Å². The van der Waals surface area contributed by atoms with Crippen LogP contribution in [0.4, 0.5) is 5.69 Å². The van der Waals surface area contributed by atoms with Crippen molar-refractivity contribution in [2.45, 2.75) is 13.8 Å². The van der Waals surface area contributed by atoms with Crippen molar-refractivity contribution in [2.24, 2.45) is 5.73 Å². The summed E-state index contributed by atoms with van der Waals surface area (Å²) in [4.78, 5) is 24.4. The number of hydrogen-bond donors (Lipinski definition) is 2. The molecule has 0 spiro atoms. The van der Waals surface area contributed by atoms with Gasteiger partial charge in [-0.3, -0.25) is 9.59 Å². The molecule has 0 aliphatic heterocycles. The number of primary amides is 1. The number of amides is 2. The molecule has 0 saturated carbocycles. The number of hydrogen-bond acceptors (Lipinski definition) is 4. The normalized spacial score (nSPS) is 10.0.